The predicted octanol–water partition coefficient (Wildman–Crippen LogP) is 2.99. The molecule has 7 nitrogen and oxygen atoms in total. The molecule has 3 atom stereocenters. The maximum Gasteiger partial charge on any atom is 0.280 e. The highest BCUT2D eigenvalue weighted by Crippen LogP contribution is 2.34. The summed E-state index contributed by atoms with van der Waals surface area (Å²) in [6, 6.07) is 6.21. The molecule has 1 aliphatic rings. The maximum absolute atomic E-state index is 14.2. The van der Waals surface area contributed by atoms with Gasteiger partial charge in [-0.3, -0.25) is 10.1 Å². The molecule has 2 aromatic rings. The topological polar surface area (TPSA) is 86.7 Å². The Kier molecular flexibility index (Phi) is 4.51. The van der Waals surface area contributed by atoms with Crippen LogP contribution in [0.1, 0.15) is 19.3 Å². The number of rotatable bonds is 4. The number of benzene rings is 1. The molecule has 1 heterocycles. The average molecular weight is 340 g/mol. The van der Waals surface area contributed by atoms with E-state index < -0.39 is 17.0 Å². The van der Waals surface area contributed by atoms with Gasteiger partial charge in [-0.15, -0.1) is 16.7 Å². The first-order valence-electron chi connectivity index (χ1n) is 7.36. The number of nitro groups is 1. The van der Waals surface area contributed by atoms with Gasteiger partial charge in [0.2, 0.25) is 0 Å². The van der Waals surface area contributed by atoms with E-state index in [4.69, 9.17) is 11.6 Å². The Morgan fingerprint density at radius 3 is 2.91 bits per heavy atom. The van der Waals surface area contributed by atoms with E-state index in [1.165, 1.54) is 10.7 Å². The smallest absolute Gasteiger partial charge is 0.258 e. The highest BCUT2D eigenvalue weighted by atomic mass is 35.5. The zero-order valence-electron chi connectivity index (χ0n) is 12.2. The fourth-order valence-corrected chi connectivity index (χ4v) is 3.33. The molecule has 23 heavy (non-hydrogen) atoms. The van der Waals surface area contributed by atoms with Gasteiger partial charge < -0.3 is 0 Å². The number of tetrazole rings is 1. The summed E-state index contributed by atoms with van der Waals surface area (Å²) in [6.07, 6.45) is 0.958. The minimum Gasteiger partial charge on any atom is -0.258 e. The number of nitrogens with zero attached hydrogens (tertiary/aromatic N) is 5. The van der Waals surface area contributed by atoms with Crippen LogP contribution in [0.2, 0.25) is 0 Å². The Morgan fingerprint density at radius 1 is 1.39 bits per heavy atom. The molecule has 1 aromatic heterocycles. The van der Waals surface area contributed by atoms with Gasteiger partial charge in [0.15, 0.2) is 5.82 Å². The van der Waals surface area contributed by atoms with Gasteiger partial charge in [-0.25, -0.2) is 9.07 Å². The first kappa shape index (κ1) is 15.8. The molecule has 0 saturated heterocycles. The minimum atomic E-state index is -1.02. The van der Waals surface area contributed by atoms with E-state index >= 15 is 0 Å². The second kappa shape index (κ2) is 6.57. The van der Waals surface area contributed by atoms with Crippen LogP contribution in [0, 0.1) is 16.0 Å². The minimum absolute atomic E-state index is 0.0913. The molecule has 1 aromatic carbocycles. The molecule has 1 fully saturated rings. The van der Waals surface area contributed by atoms with Gasteiger partial charge >= 0.3 is 0 Å². The van der Waals surface area contributed by atoms with Crippen molar-refractivity contribution in [3.63, 3.8) is 0 Å². The number of halogens is 2. The van der Waals surface area contributed by atoms with Crippen LogP contribution in [-0.2, 0) is 6.54 Å². The first-order valence-corrected chi connectivity index (χ1v) is 7.79. The number of para-hydroxylation sites is 1. The van der Waals surface area contributed by atoms with E-state index in [0.29, 0.717) is 12.0 Å². The third kappa shape index (κ3) is 3.17. The summed E-state index contributed by atoms with van der Waals surface area (Å²) in [7, 11) is 0. The monoisotopic (exact) mass is 339 g/mol. The third-order valence-electron chi connectivity index (χ3n) is 4.15. The van der Waals surface area contributed by atoms with Gasteiger partial charge in [-0.1, -0.05) is 12.1 Å². The van der Waals surface area contributed by atoms with E-state index in [1.807, 2.05) is 0 Å². The lowest BCUT2D eigenvalue weighted by Gasteiger charge is -2.30. The SMILES string of the molecule is O=[N+]([O-])c1ccccc1-c1nnnn1CC1C(Cl)CCC[C@@H]1F. The van der Waals surface area contributed by atoms with Crippen LogP contribution < -0.4 is 0 Å². The number of hydrogen-bond acceptors (Lipinski definition) is 5. The summed E-state index contributed by atoms with van der Waals surface area (Å²) < 4.78 is 15.6. The van der Waals surface area contributed by atoms with Crippen LogP contribution in [0.5, 0.6) is 0 Å². The van der Waals surface area contributed by atoms with Gasteiger partial charge in [0.25, 0.3) is 5.69 Å². The zero-order valence-corrected chi connectivity index (χ0v) is 12.9. The van der Waals surface area contributed by atoms with E-state index in [9.17, 15) is 14.5 Å². The summed E-state index contributed by atoms with van der Waals surface area (Å²) in [4.78, 5) is 10.7. The Bertz CT molecular complexity index is 700. The summed E-state index contributed by atoms with van der Waals surface area (Å²) in [5.74, 6) is -0.158. The van der Waals surface area contributed by atoms with Crippen molar-refractivity contribution in [1.82, 2.24) is 20.2 Å². The van der Waals surface area contributed by atoms with Crippen molar-refractivity contribution in [1.29, 1.82) is 0 Å². The molecule has 0 radical (unpaired) electrons. The number of aromatic nitrogens is 4. The molecule has 1 saturated carbocycles. The molecule has 2 unspecified atom stereocenters. The van der Waals surface area contributed by atoms with Crippen molar-refractivity contribution in [3.05, 3.63) is 34.4 Å². The van der Waals surface area contributed by atoms with Crippen LogP contribution in [0.25, 0.3) is 11.4 Å². The second-order valence-electron chi connectivity index (χ2n) is 5.59. The average Bonchev–Trinajstić information content (AvgIpc) is 2.99. The van der Waals surface area contributed by atoms with Crippen molar-refractivity contribution < 1.29 is 9.31 Å². The Morgan fingerprint density at radius 2 is 2.17 bits per heavy atom. The maximum atomic E-state index is 14.2. The van der Waals surface area contributed by atoms with Crippen molar-refractivity contribution in [3.8, 4) is 11.4 Å². The molecule has 0 bridgehead atoms. The van der Waals surface area contributed by atoms with Gasteiger partial charge in [0, 0.05) is 17.4 Å². The molecular weight excluding hydrogens is 325 g/mol. The quantitative estimate of drug-likeness (QED) is 0.485. The van der Waals surface area contributed by atoms with Crippen molar-refractivity contribution in [2.45, 2.75) is 37.4 Å². The Hall–Kier alpha value is -2.09. The number of hydrogen-bond donors (Lipinski definition) is 0. The molecule has 3 rings (SSSR count). The van der Waals surface area contributed by atoms with Crippen LogP contribution >= 0.6 is 11.6 Å². The van der Waals surface area contributed by atoms with Crippen LogP contribution in [0.15, 0.2) is 24.3 Å². The first-order chi connectivity index (χ1) is 11.1. The zero-order chi connectivity index (χ0) is 16.4. The Balaban J connectivity index is 1.93. The fraction of sp³-hybridized carbons (Fsp3) is 0.500. The lowest BCUT2D eigenvalue weighted by molar-refractivity contribution is -0.384. The van der Waals surface area contributed by atoms with Crippen molar-refractivity contribution in [2.24, 2.45) is 5.92 Å². The third-order valence-corrected chi connectivity index (χ3v) is 4.69. The van der Waals surface area contributed by atoms with Crippen molar-refractivity contribution >= 4 is 17.3 Å². The lowest BCUT2D eigenvalue weighted by Crippen LogP contribution is -2.34. The number of nitro benzene ring substituents is 1. The summed E-state index contributed by atoms with van der Waals surface area (Å²) in [6.45, 7) is 0.198. The molecule has 1 aliphatic carbocycles. The van der Waals surface area contributed by atoms with E-state index in [0.717, 1.165) is 12.8 Å². The molecule has 9 heteroatoms. The van der Waals surface area contributed by atoms with Crippen LogP contribution in [0.3, 0.4) is 0 Å². The van der Waals surface area contributed by atoms with Gasteiger partial charge in [0.1, 0.15) is 6.17 Å². The molecular formula is C14H15ClFN5O2. The van der Waals surface area contributed by atoms with Gasteiger partial charge in [0.05, 0.1) is 17.0 Å². The van der Waals surface area contributed by atoms with Crippen LogP contribution in [-0.4, -0.2) is 36.7 Å². The summed E-state index contributed by atoms with van der Waals surface area (Å²) in [5, 5.41) is 22.2. The lowest BCUT2D eigenvalue weighted by atomic mass is 9.87. The highest BCUT2D eigenvalue weighted by Gasteiger charge is 2.34. The standard InChI is InChI=1S/C14H15ClFN5O2/c15-11-5-3-6-12(16)10(11)8-20-14(17-18-19-20)9-4-1-2-7-13(9)21(22)23/h1-2,4,7,10-12H,3,5-6,8H2/t10?,11?,12-/m0/s1. The highest BCUT2D eigenvalue weighted by molar-refractivity contribution is 6.20. The summed E-state index contributed by atoms with van der Waals surface area (Å²) >= 11 is 6.24. The fourth-order valence-electron chi connectivity index (χ4n) is 2.93. The summed E-state index contributed by atoms with van der Waals surface area (Å²) in [5.41, 5.74) is 0.214. The number of alkyl halides is 2. The van der Waals surface area contributed by atoms with E-state index in [2.05, 4.69) is 15.5 Å². The molecule has 0 N–H and O–H groups in total. The molecule has 122 valence electrons. The van der Waals surface area contributed by atoms with E-state index in [-0.39, 0.29) is 23.4 Å². The molecule has 0 spiro atoms. The van der Waals surface area contributed by atoms with E-state index in [1.54, 1.807) is 18.2 Å². The largest absolute Gasteiger partial charge is 0.280 e. The van der Waals surface area contributed by atoms with Crippen LogP contribution in [0.4, 0.5) is 10.1 Å². The second-order valence-corrected chi connectivity index (χ2v) is 6.15. The normalized spacial score (nSPS) is 24.5. The van der Waals surface area contributed by atoms with Gasteiger partial charge in [-0.05, 0) is 35.8 Å². The molecule has 0 amide bonds. The Labute approximate surface area is 136 Å². The van der Waals surface area contributed by atoms with Crippen molar-refractivity contribution in [2.75, 3.05) is 0 Å². The molecule has 0 aliphatic heterocycles. The predicted molar refractivity (Wildman–Crippen MR) is 81.8 cm³/mol. The van der Waals surface area contributed by atoms with Gasteiger partial charge in [-0.2, -0.15) is 0 Å².